The van der Waals surface area contributed by atoms with E-state index in [1.807, 2.05) is 42.5 Å². The Balaban J connectivity index is 1.85. The number of ketones is 2. The average molecular weight is 342 g/mol. The minimum atomic E-state index is -5.13. The van der Waals surface area contributed by atoms with Gasteiger partial charge < -0.3 is 0 Å². The zero-order valence-corrected chi connectivity index (χ0v) is 13.0. The Hall–Kier alpha value is -2.95. The predicted molar refractivity (Wildman–Crippen MR) is 89.2 cm³/mol. The molecule has 0 spiro atoms. The van der Waals surface area contributed by atoms with Gasteiger partial charge in [-0.3, -0.25) is 9.59 Å². The van der Waals surface area contributed by atoms with E-state index in [0.29, 0.717) is 5.56 Å². The van der Waals surface area contributed by atoms with E-state index in [1.54, 1.807) is 24.3 Å². The van der Waals surface area contributed by atoms with Crippen molar-refractivity contribution in [3.8, 4) is 11.1 Å². The molecular formula is C20H13F3O2. The van der Waals surface area contributed by atoms with Gasteiger partial charge in [0.2, 0.25) is 5.78 Å². The lowest BCUT2D eigenvalue weighted by Gasteiger charge is -2.08. The molecule has 0 aliphatic carbocycles. The zero-order valence-electron chi connectivity index (χ0n) is 13.0. The third kappa shape index (κ3) is 3.60. The van der Waals surface area contributed by atoms with Crippen LogP contribution in [0, 0.1) is 0 Å². The Morgan fingerprint density at radius 2 is 1.44 bits per heavy atom. The summed E-state index contributed by atoms with van der Waals surface area (Å²) in [4.78, 5) is 22.3. The van der Waals surface area contributed by atoms with Gasteiger partial charge in [-0.15, -0.1) is 0 Å². The number of benzene rings is 3. The van der Waals surface area contributed by atoms with E-state index in [2.05, 4.69) is 0 Å². The highest BCUT2D eigenvalue weighted by Gasteiger charge is 2.42. The summed E-state index contributed by atoms with van der Waals surface area (Å²) in [5.74, 6) is -3.77. The summed E-state index contributed by atoms with van der Waals surface area (Å²) in [5.41, 5.74) is 2.24. The van der Waals surface area contributed by atoms with Crippen LogP contribution in [0.3, 0.4) is 0 Å². The first kappa shape index (κ1) is 16.9. The molecule has 3 aromatic carbocycles. The van der Waals surface area contributed by atoms with E-state index in [-0.39, 0.29) is 0 Å². The Bertz CT molecular complexity index is 936. The molecule has 3 rings (SSSR count). The van der Waals surface area contributed by atoms with Crippen LogP contribution in [0.25, 0.3) is 21.9 Å². The molecule has 0 amide bonds. The van der Waals surface area contributed by atoms with Gasteiger partial charge in [-0.25, -0.2) is 0 Å². The molecule has 0 atom stereocenters. The van der Waals surface area contributed by atoms with E-state index < -0.39 is 24.2 Å². The monoisotopic (exact) mass is 342 g/mol. The predicted octanol–water partition coefficient (Wildman–Crippen LogP) is 4.75. The topological polar surface area (TPSA) is 34.1 Å². The van der Waals surface area contributed by atoms with Crippen LogP contribution >= 0.6 is 0 Å². The standard InChI is InChI=1S/C20H13F3O2/c21-20(22,23)19(25)18(24)12-13-8-10-15(11-9-13)17-7-3-5-14-4-1-2-6-16(14)17/h1-11H,12H2. The average Bonchev–Trinajstić information content (AvgIpc) is 2.60. The Labute approximate surface area is 141 Å². The lowest BCUT2D eigenvalue weighted by Crippen LogP contribution is -2.31. The van der Waals surface area contributed by atoms with Crippen LogP contribution in [0.2, 0.25) is 0 Å². The largest absolute Gasteiger partial charge is 0.458 e. The molecule has 0 heterocycles. The van der Waals surface area contributed by atoms with E-state index in [4.69, 9.17) is 0 Å². The summed E-state index contributed by atoms with van der Waals surface area (Å²) < 4.78 is 36.8. The number of Topliss-reactive ketones (excluding diaryl/α,β-unsaturated/α-hetero) is 2. The normalized spacial score (nSPS) is 11.5. The van der Waals surface area contributed by atoms with Gasteiger partial charge in [-0.2, -0.15) is 13.2 Å². The zero-order chi connectivity index (χ0) is 18.0. The number of rotatable bonds is 4. The molecule has 0 bridgehead atoms. The van der Waals surface area contributed by atoms with Crippen molar-refractivity contribution in [2.24, 2.45) is 0 Å². The number of alkyl halides is 3. The van der Waals surface area contributed by atoms with Gasteiger partial charge in [-0.05, 0) is 27.5 Å². The van der Waals surface area contributed by atoms with Crippen molar-refractivity contribution in [1.82, 2.24) is 0 Å². The van der Waals surface area contributed by atoms with Crippen LogP contribution < -0.4 is 0 Å². The summed E-state index contributed by atoms with van der Waals surface area (Å²) in [5, 5.41) is 2.14. The molecule has 0 aliphatic rings. The maximum Gasteiger partial charge on any atom is 0.458 e. The van der Waals surface area contributed by atoms with E-state index in [0.717, 1.165) is 21.9 Å². The highest BCUT2D eigenvalue weighted by molar-refractivity contribution is 6.39. The summed E-state index contributed by atoms with van der Waals surface area (Å²) in [6.07, 6.45) is -5.69. The molecule has 5 heteroatoms. The van der Waals surface area contributed by atoms with Crippen LogP contribution in [0.4, 0.5) is 13.2 Å². The molecule has 0 saturated carbocycles. The number of fused-ring (bicyclic) bond motifs is 1. The highest BCUT2D eigenvalue weighted by atomic mass is 19.4. The van der Waals surface area contributed by atoms with Crippen molar-refractivity contribution in [2.45, 2.75) is 12.6 Å². The fraction of sp³-hybridized carbons (Fsp3) is 0.100. The minimum Gasteiger partial charge on any atom is -0.290 e. The molecule has 0 aliphatic heterocycles. The molecule has 0 unspecified atom stereocenters. The number of halogens is 3. The van der Waals surface area contributed by atoms with Crippen molar-refractivity contribution in [1.29, 1.82) is 0 Å². The third-order valence-corrected chi connectivity index (χ3v) is 3.93. The van der Waals surface area contributed by atoms with E-state index in [9.17, 15) is 22.8 Å². The highest BCUT2D eigenvalue weighted by Crippen LogP contribution is 2.28. The third-order valence-electron chi connectivity index (χ3n) is 3.93. The lowest BCUT2D eigenvalue weighted by molar-refractivity contribution is -0.174. The van der Waals surface area contributed by atoms with E-state index >= 15 is 0 Å². The Morgan fingerprint density at radius 1 is 0.800 bits per heavy atom. The van der Waals surface area contributed by atoms with Gasteiger partial charge in [0.1, 0.15) is 0 Å². The molecule has 3 aromatic rings. The second kappa shape index (κ2) is 6.51. The Kier molecular flexibility index (Phi) is 4.40. The number of hydrogen-bond donors (Lipinski definition) is 0. The second-order valence-corrected chi connectivity index (χ2v) is 5.65. The molecule has 2 nitrogen and oxygen atoms in total. The molecular weight excluding hydrogens is 329 g/mol. The van der Waals surface area contributed by atoms with Crippen molar-refractivity contribution in [3.63, 3.8) is 0 Å². The summed E-state index contributed by atoms with van der Waals surface area (Å²) in [6, 6.07) is 20.3. The van der Waals surface area contributed by atoms with Gasteiger partial charge in [-0.1, -0.05) is 66.7 Å². The maximum atomic E-state index is 12.3. The van der Waals surface area contributed by atoms with Gasteiger partial charge in [0.25, 0.3) is 0 Å². The molecule has 25 heavy (non-hydrogen) atoms. The second-order valence-electron chi connectivity index (χ2n) is 5.65. The Morgan fingerprint density at radius 3 is 2.12 bits per heavy atom. The molecule has 0 fully saturated rings. The fourth-order valence-electron chi connectivity index (χ4n) is 2.70. The summed E-state index contributed by atoms with van der Waals surface area (Å²) in [7, 11) is 0. The lowest BCUT2D eigenvalue weighted by atomic mass is 9.96. The summed E-state index contributed by atoms with van der Waals surface area (Å²) >= 11 is 0. The van der Waals surface area contributed by atoms with Crippen molar-refractivity contribution in [3.05, 3.63) is 72.3 Å². The quantitative estimate of drug-likeness (QED) is 0.641. The van der Waals surface area contributed by atoms with Gasteiger partial charge in [0.15, 0.2) is 0 Å². The molecule has 126 valence electrons. The number of carbonyl (C=O) groups is 2. The van der Waals surface area contributed by atoms with Gasteiger partial charge in [0.05, 0.1) is 0 Å². The fourth-order valence-corrected chi connectivity index (χ4v) is 2.70. The first-order valence-corrected chi connectivity index (χ1v) is 7.58. The van der Waals surface area contributed by atoms with Crippen molar-refractivity contribution < 1.29 is 22.8 Å². The van der Waals surface area contributed by atoms with Crippen LogP contribution in [-0.4, -0.2) is 17.7 Å². The van der Waals surface area contributed by atoms with Crippen molar-refractivity contribution in [2.75, 3.05) is 0 Å². The minimum absolute atomic E-state index is 0.367. The van der Waals surface area contributed by atoms with E-state index in [1.165, 1.54) is 0 Å². The molecule has 0 aromatic heterocycles. The smallest absolute Gasteiger partial charge is 0.290 e. The number of hydrogen-bond acceptors (Lipinski definition) is 2. The van der Waals surface area contributed by atoms with Crippen LogP contribution in [0.5, 0.6) is 0 Å². The van der Waals surface area contributed by atoms with Gasteiger partial charge in [0, 0.05) is 6.42 Å². The van der Waals surface area contributed by atoms with Crippen LogP contribution in [0.1, 0.15) is 5.56 Å². The van der Waals surface area contributed by atoms with Crippen LogP contribution in [0.15, 0.2) is 66.7 Å². The molecule has 0 radical (unpaired) electrons. The van der Waals surface area contributed by atoms with Crippen molar-refractivity contribution >= 4 is 22.3 Å². The SMILES string of the molecule is O=C(Cc1ccc(-c2cccc3ccccc23)cc1)C(=O)C(F)(F)F. The molecule has 0 N–H and O–H groups in total. The molecule has 0 saturated heterocycles. The van der Waals surface area contributed by atoms with Gasteiger partial charge >= 0.3 is 12.0 Å². The number of carbonyl (C=O) groups excluding carboxylic acids is 2. The maximum absolute atomic E-state index is 12.3. The van der Waals surface area contributed by atoms with Crippen LogP contribution in [-0.2, 0) is 16.0 Å². The first-order valence-electron chi connectivity index (χ1n) is 7.58. The first-order chi connectivity index (χ1) is 11.9. The summed E-state index contributed by atoms with van der Waals surface area (Å²) in [6.45, 7) is 0.